The zero-order valence-electron chi connectivity index (χ0n) is 11.2. The Morgan fingerprint density at radius 1 is 1.11 bits per heavy atom. The van der Waals surface area contributed by atoms with Crippen molar-refractivity contribution in [3.05, 3.63) is 23.8 Å². The smallest absolute Gasteiger partial charge is 0.337 e. The fourth-order valence-corrected chi connectivity index (χ4v) is 1.53. The molecule has 0 aliphatic heterocycles. The van der Waals surface area contributed by atoms with Gasteiger partial charge in [-0.25, -0.2) is 4.79 Å². The molecular formula is C14H22O5. The van der Waals surface area contributed by atoms with E-state index in [4.69, 9.17) is 19.3 Å². The van der Waals surface area contributed by atoms with E-state index in [1.807, 2.05) is 12.2 Å². The number of rotatable bonds is 10. The molecule has 1 aliphatic carbocycles. The van der Waals surface area contributed by atoms with Gasteiger partial charge in [0.05, 0.1) is 25.4 Å². The number of carbonyl (C=O) groups excluding carboxylic acids is 1. The fourth-order valence-electron chi connectivity index (χ4n) is 1.53. The Hall–Kier alpha value is -1.17. The average molecular weight is 270 g/mol. The van der Waals surface area contributed by atoms with Gasteiger partial charge < -0.3 is 19.3 Å². The van der Waals surface area contributed by atoms with Gasteiger partial charge in [0.15, 0.2) is 0 Å². The second-order valence-corrected chi connectivity index (χ2v) is 4.08. The van der Waals surface area contributed by atoms with Crippen molar-refractivity contribution in [2.45, 2.75) is 19.3 Å². The van der Waals surface area contributed by atoms with Gasteiger partial charge in [-0.1, -0.05) is 18.2 Å². The van der Waals surface area contributed by atoms with Crippen LogP contribution in [0.25, 0.3) is 0 Å². The molecule has 0 heterocycles. The lowest BCUT2D eigenvalue weighted by atomic mass is 10.1. The summed E-state index contributed by atoms with van der Waals surface area (Å²) in [4.78, 5) is 11.6. The van der Waals surface area contributed by atoms with Crippen molar-refractivity contribution < 1.29 is 24.1 Å². The van der Waals surface area contributed by atoms with Crippen LogP contribution in [0.15, 0.2) is 23.8 Å². The molecule has 5 heteroatoms. The summed E-state index contributed by atoms with van der Waals surface area (Å²) in [5.41, 5.74) is 0.624. The molecule has 0 radical (unpaired) electrons. The van der Waals surface area contributed by atoms with Gasteiger partial charge in [0.2, 0.25) is 0 Å². The van der Waals surface area contributed by atoms with Crippen molar-refractivity contribution in [3.63, 3.8) is 0 Å². The molecule has 0 saturated heterocycles. The Balaban J connectivity index is 1.92. The summed E-state index contributed by atoms with van der Waals surface area (Å²) in [5.74, 6) is -0.293. The monoisotopic (exact) mass is 270 g/mol. The maximum absolute atomic E-state index is 11.6. The summed E-state index contributed by atoms with van der Waals surface area (Å²) < 4.78 is 15.5. The van der Waals surface area contributed by atoms with E-state index < -0.39 is 0 Å². The van der Waals surface area contributed by atoms with Crippen LogP contribution in [-0.2, 0) is 19.0 Å². The van der Waals surface area contributed by atoms with Crippen molar-refractivity contribution in [2.24, 2.45) is 0 Å². The zero-order valence-corrected chi connectivity index (χ0v) is 11.2. The van der Waals surface area contributed by atoms with E-state index in [0.29, 0.717) is 38.4 Å². The first kappa shape index (κ1) is 15.9. The van der Waals surface area contributed by atoms with E-state index in [0.717, 1.165) is 12.8 Å². The van der Waals surface area contributed by atoms with Gasteiger partial charge in [-0.15, -0.1) is 0 Å². The second-order valence-electron chi connectivity index (χ2n) is 4.08. The summed E-state index contributed by atoms with van der Waals surface area (Å²) in [6.07, 6.45) is 8.16. The van der Waals surface area contributed by atoms with Crippen molar-refractivity contribution >= 4 is 5.97 Å². The molecule has 1 rings (SSSR count). The molecule has 0 amide bonds. The number of aliphatic hydroxyl groups excluding tert-OH is 1. The third-order valence-corrected chi connectivity index (χ3v) is 2.51. The number of esters is 1. The lowest BCUT2D eigenvalue weighted by Crippen LogP contribution is -2.14. The zero-order chi connectivity index (χ0) is 13.8. The molecule has 0 unspecified atom stereocenters. The Morgan fingerprint density at radius 3 is 2.53 bits per heavy atom. The minimum absolute atomic E-state index is 0.140. The summed E-state index contributed by atoms with van der Waals surface area (Å²) in [6.45, 7) is 2.25. The molecule has 0 aromatic heterocycles. The minimum atomic E-state index is -0.293. The average Bonchev–Trinajstić information content (AvgIpc) is 2.46. The fraction of sp³-hybridized carbons (Fsp3) is 0.643. The maximum Gasteiger partial charge on any atom is 0.337 e. The Labute approximate surface area is 113 Å². The van der Waals surface area contributed by atoms with Crippen molar-refractivity contribution in [3.8, 4) is 0 Å². The lowest BCUT2D eigenvalue weighted by Gasteiger charge is -2.08. The van der Waals surface area contributed by atoms with Crippen molar-refractivity contribution in [1.29, 1.82) is 0 Å². The molecular weight excluding hydrogens is 248 g/mol. The highest BCUT2D eigenvalue weighted by atomic mass is 16.6. The number of carbonyl (C=O) groups is 1. The Bertz CT molecular complexity index is 309. The van der Waals surface area contributed by atoms with Crippen molar-refractivity contribution in [2.75, 3.05) is 39.6 Å². The number of aliphatic hydroxyl groups is 1. The van der Waals surface area contributed by atoms with Gasteiger partial charge in [0.1, 0.15) is 6.61 Å². The highest BCUT2D eigenvalue weighted by molar-refractivity contribution is 5.91. The molecule has 0 bridgehead atoms. The number of hydrogen-bond donors (Lipinski definition) is 1. The van der Waals surface area contributed by atoms with Crippen LogP contribution < -0.4 is 0 Å². The van der Waals surface area contributed by atoms with Crippen LogP contribution in [0.1, 0.15) is 19.3 Å². The molecule has 1 N–H and O–H groups in total. The molecule has 19 heavy (non-hydrogen) atoms. The van der Waals surface area contributed by atoms with E-state index in [2.05, 4.69) is 0 Å². The van der Waals surface area contributed by atoms with Crippen LogP contribution in [0.3, 0.4) is 0 Å². The molecule has 1 aliphatic rings. The van der Waals surface area contributed by atoms with Gasteiger partial charge in [-0.3, -0.25) is 0 Å². The van der Waals surface area contributed by atoms with Crippen LogP contribution in [0.2, 0.25) is 0 Å². The predicted molar refractivity (Wildman–Crippen MR) is 70.8 cm³/mol. The van der Waals surface area contributed by atoms with E-state index in [9.17, 15) is 4.79 Å². The molecule has 0 fully saturated rings. The third-order valence-electron chi connectivity index (χ3n) is 2.51. The summed E-state index contributed by atoms with van der Waals surface area (Å²) in [7, 11) is 0. The number of ether oxygens (including phenoxy) is 3. The highest BCUT2D eigenvalue weighted by Gasteiger charge is 2.09. The summed E-state index contributed by atoms with van der Waals surface area (Å²) in [6, 6.07) is 0. The van der Waals surface area contributed by atoms with Crippen molar-refractivity contribution in [1.82, 2.24) is 0 Å². The van der Waals surface area contributed by atoms with Crippen LogP contribution in [0.5, 0.6) is 0 Å². The number of allylic oxidation sites excluding steroid dienone is 2. The standard InChI is InChI=1S/C14H22O5/c15-7-4-8-17-9-10-18-11-12-19-14(16)13-5-2-1-3-6-13/h2,5-6,15H,1,3-4,7-12H2. The van der Waals surface area contributed by atoms with Gasteiger partial charge in [0.25, 0.3) is 0 Å². The first-order valence-corrected chi connectivity index (χ1v) is 6.65. The Kier molecular flexibility index (Phi) is 8.97. The molecule has 108 valence electrons. The third kappa shape index (κ3) is 7.77. The summed E-state index contributed by atoms with van der Waals surface area (Å²) in [5, 5.41) is 8.53. The maximum atomic E-state index is 11.6. The van der Waals surface area contributed by atoms with E-state index >= 15 is 0 Å². The predicted octanol–water partition coefficient (Wildman–Crippen LogP) is 1.22. The molecule has 0 atom stereocenters. The molecule has 0 saturated carbocycles. The van der Waals surface area contributed by atoms with Gasteiger partial charge in [-0.2, -0.15) is 0 Å². The van der Waals surface area contributed by atoms with E-state index in [1.165, 1.54) is 0 Å². The van der Waals surface area contributed by atoms with E-state index in [-0.39, 0.29) is 19.2 Å². The van der Waals surface area contributed by atoms with Gasteiger partial charge in [-0.05, 0) is 19.3 Å². The van der Waals surface area contributed by atoms with Crippen LogP contribution in [0.4, 0.5) is 0 Å². The van der Waals surface area contributed by atoms with E-state index in [1.54, 1.807) is 6.08 Å². The van der Waals surface area contributed by atoms with Crippen LogP contribution in [-0.4, -0.2) is 50.7 Å². The molecule has 0 spiro atoms. The van der Waals surface area contributed by atoms with Gasteiger partial charge >= 0.3 is 5.97 Å². The molecule has 0 aromatic carbocycles. The second kappa shape index (κ2) is 10.7. The first-order chi connectivity index (χ1) is 9.34. The number of hydrogen-bond acceptors (Lipinski definition) is 5. The Morgan fingerprint density at radius 2 is 1.84 bits per heavy atom. The minimum Gasteiger partial charge on any atom is -0.460 e. The highest BCUT2D eigenvalue weighted by Crippen LogP contribution is 2.10. The van der Waals surface area contributed by atoms with Gasteiger partial charge in [0, 0.05) is 13.2 Å². The lowest BCUT2D eigenvalue weighted by molar-refractivity contribution is -0.140. The van der Waals surface area contributed by atoms with Crippen LogP contribution >= 0.6 is 0 Å². The normalized spacial score (nSPS) is 14.3. The SMILES string of the molecule is O=C(OCCOCCOCCCO)C1=CCCC=C1. The topological polar surface area (TPSA) is 65.0 Å². The molecule has 5 nitrogen and oxygen atoms in total. The first-order valence-electron chi connectivity index (χ1n) is 6.65. The summed E-state index contributed by atoms with van der Waals surface area (Å²) >= 11 is 0. The quantitative estimate of drug-likeness (QED) is 0.477. The largest absolute Gasteiger partial charge is 0.460 e. The molecule has 0 aromatic rings. The van der Waals surface area contributed by atoms with Crippen LogP contribution in [0, 0.1) is 0 Å².